The van der Waals surface area contributed by atoms with Gasteiger partial charge in [-0.05, 0) is 147 Å². The minimum Gasteiger partial charge on any atom is -0.457 e. The molecule has 2 nitrogen and oxygen atoms in total. The molecule has 0 saturated heterocycles. The van der Waals surface area contributed by atoms with Crippen LogP contribution in [0.2, 0.25) is 0 Å². The second-order valence-corrected chi connectivity index (χ2v) is 20.3. The molecule has 2 heterocycles. The molecule has 0 atom stereocenters. The quantitative estimate of drug-likeness (QED) is 0.167. The highest BCUT2D eigenvalue weighted by molar-refractivity contribution is 7.00. The molecule has 0 spiro atoms. The van der Waals surface area contributed by atoms with Gasteiger partial charge in [0.1, 0.15) is 11.3 Å². The van der Waals surface area contributed by atoms with E-state index in [-0.39, 0.29) is 28.4 Å². The monoisotopic (exact) mass is 737 g/mol. The number of hydrogen-bond donors (Lipinski definition) is 0. The first-order valence-corrected chi connectivity index (χ1v) is 20.8. The summed E-state index contributed by atoms with van der Waals surface area (Å²) in [5.74, 6) is 0.924. The van der Waals surface area contributed by atoms with Crippen molar-refractivity contribution in [1.29, 1.82) is 0 Å². The van der Waals surface area contributed by atoms with Crippen LogP contribution in [-0.4, -0.2) is 6.71 Å². The summed E-state index contributed by atoms with van der Waals surface area (Å²) in [5.41, 5.74) is 19.6. The fraction of sp³-hybridized carbons (Fsp3) is 0.358. The summed E-state index contributed by atoms with van der Waals surface area (Å²) in [6.45, 7) is 30.3. The predicted octanol–water partition coefficient (Wildman–Crippen LogP) is 12.8. The van der Waals surface area contributed by atoms with Crippen molar-refractivity contribution in [2.45, 2.75) is 125 Å². The van der Waals surface area contributed by atoms with Crippen LogP contribution in [0.1, 0.15) is 132 Å². The van der Waals surface area contributed by atoms with Crippen molar-refractivity contribution in [3.63, 3.8) is 0 Å². The van der Waals surface area contributed by atoms with E-state index in [2.05, 4.69) is 198 Å². The molecule has 5 aromatic carbocycles. The van der Waals surface area contributed by atoms with Crippen LogP contribution in [0.3, 0.4) is 0 Å². The lowest BCUT2D eigenvalue weighted by Gasteiger charge is -2.45. The number of para-hydroxylation sites is 1. The molecular weight excluding hydrogens is 677 g/mol. The van der Waals surface area contributed by atoms with Crippen molar-refractivity contribution in [3.05, 3.63) is 141 Å². The summed E-state index contributed by atoms with van der Waals surface area (Å²) in [4.78, 5) is 2.57. The van der Waals surface area contributed by atoms with Crippen LogP contribution in [-0.2, 0) is 21.7 Å². The number of rotatable bonds is 4. The fourth-order valence-electron chi connectivity index (χ4n) is 9.54. The zero-order valence-corrected chi connectivity index (χ0v) is 36.2. The smallest absolute Gasteiger partial charge is 0.252 e. The molecule has 0 saturated carbocycles. The molecule has 1 aliphatic carbocycles. The van der Waals surface area contributed by atoms with Crippen LogP contribution in [0, 0.1) is 20.8 Å². The SMILES string of the molecule is Cc1cc(C)c2c(c1)N(c1ccc(C(C)(C)C)cc1)c1cc3c(cc1B2c1c(/C=C\c2ccc(C(C)(C)C)cc2C)oc2ccccc12)C(C)(C)CCC3(C)C. The Bertz CT molecular complexity index is 2530. The predicted molar refractivity (Wildman–Crippen MR) is 244 cm³/mol. The Balaban J connectivity index is 1.43. The van der Waals surface area contributed by atoms with Crippen LogP contribution in [0.4, 0.5) is 17.1 Å². The van der Waals surface area contributed by atoms with Crippen LogP contribution in [0.5, 0.6) is 0 Å². The number of nitrogens with zero attached hydrogens (tertiary/aromatic N) is 1. The van der Waals surface area contributed by atoms with Gasteiger partial charge in [0.05, 0.1) is 0 Å². The van der Waals surface area contributed by atoms with Gasteiger partial charge in [0, 0.05) is 22.4 Å². The van der Waals surface area contributed by atoms with Gasteiger partial charge in [0.25, 0.3) is 6.71 Å². The number of benzene rings is 5. The van der Waals surface area contributed by atoms with Crippen LogP contribution in [0.25, 0.3) is 23.1 Å². The molecule has 0 amide bonds. The van der Waals surface area contributed by atoms with E-state index in [0.29, 0.717) is 0 Å². The first kappa shape index (κ1) is 38.1. The van der Waals surface area contributed by atoms with Crippen molar-refractivity contribution >= 4 is 63.3 Å². The van der Waals surface area contributed by atoms with Gasteiger partial charge in [0.2, 0.25) is 0 Å². The van der Waals surface area contributed by atoms with Gasteiger partial charge < -0.3 is 9.32 Å². The van der Waals surface area contributed by atoms with Gasteiger partial charge >= 0.3 is 0 Å². The summed E-state index contributed by atoms with van der Waals surface area (Å²) in [5, 5.41) is 1.18. The molecule has 8 rings (SSSR count). The van der Waals surface area contributed by atoms with Gasteiger partial charge in [-0.2, -0.15) is 0 Å². The molecule has 1 aliphatic heterocycles. The van der Waals surface area contributed by atoms with E-state index in [4.69, 9.17) is 4.42 Å². The third kappa shape index (κ3) is 6.46. The van der Waals surface area contributed by atoms with E-state index in [9.17, 15) is 0 Å². The highest BCUT2D eigenvalue weighted by Crippen LogP contribution is 2.49. The molecule has 0 N–H and O–H groups in total. The highest BCUT2D eigenvalue weighted by Gasteiger charge is 2.44. The minimum absolute atomic E-state index is 0.0375. The van der Waals surface area contributed by atoms with Gasteiger partial charge in [-0.25, -0.2) is 0 Å². The Hall–Kier alpha value is -4.76. The lowest BCUT2D eigenvalue weighted by atomic mass is 9.33. The fourth-order valence-corrected chi connectivity index (χ4v) is 9.54. The molecule has 3 heteroatoms. The van der Waals surface area contributed by atoms with Crippen LogP contribution in [0.15, 0.2) is 95.4 Å². The summed E-state index contributed by atoms with van der Waals surface area (Å²) >= 11 is 0. The summed E-state index contributed by atoms with van der Waals surface area (Å²) in [7, 11) is 0. The zero-order chi connectivity index (χ0) is 40.1. The maximum Gasteiger partial charge on any atom is 0.252 e. The molecule has 56 heavy (non-hydrogen) atoms. The normalized spacial score (nSPS) is 16.3. The number of fused-ring (bicyclic) bond motifs is 4. The Morgan fingerprint density at radius 1 is 0.625 bits per heavy atom. The van der Waals surface area contributed by atoms with Crippen molar-refractivity contribution in [2.75, 3.05) is 4.90 Å². The minimum atomic E-state index is -0.0375. The summed E-state index contributed by atoms with van der Waals surface area (Å²) in [6, 6.07) is 34.9. The van der Waals surface area contributed by atoms with E-state index in [0.717, 1.165) is 11.3 Å². The second-order valence-electron chi connectivity index (χ2n) is 20.3. The Labute approximate surface area is 337 Å². The lowest BCUT2D eigenvalue weighted by Crippen LogP contribution is -2.59. The summed E-state index contributed by atoms with van der Waals surface area (Å²) in [6.07, 6.45) is 6.83. The molecule has 0 fully saturated rings. The first-order valence-electron chi connectivity index (χ1n) is 20.8. The Kier molecular flexibility index (Phi) is 8.96. The maximum atomic E-state index is 6.93. The number of anilines is 3. The second kappa shape index (κ2) is 13.2. The first-order chi connectivity index (χ1) is 26.2. The lowest BCUT2D eigenvalue weighted by molar-refractivity contribution is 0.332. The third-order valence-electron chi connectivity index (χ3n) is 13.1. The van der Waals surface area contributed by atoms with Crippen molar-refractivity contribution in [1.82, 2.24) is 0 Å². The molecule has 286 valence electrons. The average Bonchev–Trinajstić information content (AvgIpc) is 3.49. The van der Waals surface area contributed by atoms with E-state index < -0.39 is 0 Å². The molecule has 6 aromatic rings. The third-order valence-corrected chi connectivity index (χ3v) is 13.1. The zero-order valence-electron chi connectivity index (χ0n) is 36.2. The van der Waals surface area contributed by atoms with Crippen molar-refractivity contribution < 1.29 is 4.42 Å². The average molecular weight is 738 g/mol. The van der Waals surface area contributed by atoms with Crippen molar-refractivity contribution in [3.8, 4) is 0 Å². The standard InChI is InChI=1S/C53H60BNO/c1-33-28-35(3)48-45(29-33)55(39-23-21-37(22-24-39)50(4,5)6)44-32-42-41(52(10,11)26-27-53(42,12)13)31-43(44)54(48)49-40-16-14-15-17-46(40)56-47(49)25-19-36-18-20-38(30-34(36)2)51(7,8)9/h14-25,28-32H,26-27H2,1-13H3/b25-19-. The van der Waals surface area contributed by atoms with Gasteiger partial charge in [0.15, 0.2) is 0 Å². The molecule has 2 aliphatic rings. The number of furan rings is 1. The summed E-state index contributed by atoms with van der Waals surface area (Å²) < 4.78 is 6.93. The van der Waals surface area contributed by atoms with E-state index in [1.165, 1.54) is 96.2 Å². The number of aryl methyl sites for hydroxylation is 3. The maximum absolute atomic E-state index is 6.93. The molecule has 0 unspecified atom stereocenters. The molecule has 0 radical (unpaired) electrons. The molecular formula is C53H60BNO. The van der Waals surface area contributed by atoms with Crippen LogP contribution >= 0.6 is 0 Å². The number of hydrogen-bond acceptors (Lipinski definition) is 2. The topological polar surface area (TPSA) is 16.4 Å². The van der Waals surface area contributed by atoms with Gasteiger partial charge in [-0.15, -0.1) is 0 Å². The van der Waals surface area contributed by atoms with Crippen molar-refractivity contribution in [2.24, 2.45) is 0 Å². The van der Waals surface area contributed by atoms with Gasteiger partial charge in [-0.3, -0.25) is 0 Å². The van der Waals surface area contributed by atoms with Crippen LogP contribution < -0.4 is 21.3 Å². The largest absolute Gasteiger partial charge is 0.457 e. The molecule has 0 bridgehead atoms. The van der Waals surface area contributed by atoms with E-state index >= 15 is 0 Å². The van der Waals surface area contributed by atoms with E-state index in [1.807, 2.05) is 0 Å². The highest BCUT2D eigenvalue weighted by atomic mass is 16.3. The Morgan fingerprint density at radius 3 is 1.89 bits per heavy atom. The van der Waals surface area contributed by atoms with E-state index in [1.54, 1.807) is 0 Å². The Morgan fingerprint density at radius 2 is 1.25 bits per heavy atom. The molecule has 1 aromatic heterocycles. The van der Waals surface area contributed by atoms with Gasteiger partial charge in [-0.1, -0.05) is 142 Å².